The Hall–Kier alpha value is -1.13. The molecule has 2 nitrogen and oxygen atoms in total. The van der Waals surface area contributed by atoms with Crippen LogP contribution in [0, 0.1) is 5.82 Å². The van der Waals surface area contributed by atoms with Gasteiger partial charge >= 0.3 is 0 Å². The van der Waals surface area contributed by atoms with Crippen LogP contribution in [-0.4, -0.2) is 0 Å². The number of halogens is 2. The maximum atomic E-state index is 12.7. The molecule has 1 unspecified atom stereocenters. The third-order valence-electron chi connectivity index (χ3n) is 2.35. The Balaban J connectivity index is 2.10. The first-order valence-corrected chi connectivity index (χ1v) is 5.69. The Kier molecular flexibility index (Phi) is 3.41. The number of furan rings is 1. The fourth-order valence-electron chi connectivity index (χ4n) is 1.54. The van der Waals surface area contributed by atoms with Gasteiger partial charge in [-0.05, 0) is 46.1 Å². The standard InChI is InChI=1S/C12H11BrFNO/c13-10-5-6-16-12(10)11(15)7-8-1-3-9(14)4-2-8/h1-6,11H,7,15H2. The Morgan fingerprint density at radius 3 is 2.50 bits per heavy atom. The first-order chi connectivity index (χ1) is 7.66. The highest BCUT2D eigenvalue weighted by Gasteiger charge is 2.13. The second kappa shape index (κ2) is 4.80. The molecule has 0 aliphatic carbocycles. The van der Waals surface area contributed by atoms with Crippen molar-refractivity contribution in [1.82, 2.24) is 0 Å². The maximum absolute atomic E-state index is 12.7. The molecule has 1 aromatic heterocycles. The van der Waals surface area contributed by atoms with Gasteiger partial charge in [-0.2, -0.15) is 0 Å². The molecule has 2 rings (SSSR count). The molecule has 4 heteroatoms. The average Bonchev–Trinajstić information content (AvgIpc) is 2.68. The molecule has 1 aromatic carbocycles. The smallest absolute Gasteiger partial charge is 0.134 e. The number of hydrogen-bond donors (Lipinski definition) is 1. The van der Waals surface area contributed by atoms with E-state index >= 15 is 0 Å². The lowest BCUT2D eigenvalue weighted by molar-refractivity contribution is 0.462. The van der Waals surface area contributed by atoms with Gasteiger partial charge in [0.25, 0.3) is 0 Å². The summed E-state index contributed by atoms with van der Waals surface area (Å²) < 4.78 is 18.8. The van der Waals surface area contributed by atoms with Crippen molar-refractivity contribution in [2.75, 3.05) is 0 Å². The molecule has 0 fully saturated rings. The van der Waals surface area contributed by atoms with Gasteiger partial charge < -0.3 is 10.2 Å². The van der Waals surface area contributed by atoms with Crippen LogP contribution in [0.25, 0.3) is 0 Å². The van der Waals surface area contributed by atoms with Crippen LogP contribution in [-0.2, 0) is 6.42 Å². The van der Waals surface area contributed by atoms with Gasteiger partial charge in [0.2, 0.25) is 0 Å². The number of benzene rings is 1. The van der Waals surface area contributed by atoms with Crippen LogP contribution in [0.1, 0.15) is 17.4 Å². The SMILES string of the molecule is NC(Cc1ccc(F)cc1)c1occc1Br. The van der Waals surface area contributed by atoms with Crippen LogP contribution < -0.4 is 5.73 Å². The monoisotopic (exact) mass is 283 g/mol. The third-order valence-corrected chi connectivity index (χ3v) is 3.01. The molecule has 0 aliphatic heterocycles. The van der Waals surface area contributed by atoms with Crippen LogP contribution >= 0.6 is 15.9 Å². The van der Waals surface area contributed by atoms with E-state index in [2.05, 4.69) is 15.9 Å². The van der Waals surface area contributed by atoms with Crippen LogP contribution in [0.5, 0.6) is 0 Å². The topological polar surface area (TPSA) is 39.2 Å². The number of rotatable bonds is 3. The van der Waals surface area contributed by atoms with Gasteiger partial charge in [-0.1, -0.05) is 12.1 Å². The zero-order chi connectivity index (χ0) is 11.5. The van der Waals surface area contributed by atoms with Crippen LogP contribution in [0.3, 0.4) is 0 Å². The fraction of sp³-hybridized carbons (Fsp3) is 0.167. The summed E-state index contributed by atoms with van der Waals surface area (Å²) in [6.07, 6.45) is 2.20. The molecule has 84 valence electrons. The molecular weight excluding hydrogens is 273 g/mol. The van der Waals surface area contributed by atoms with E-state index in [0.29, 0.717) is 12.2 Å². The molecule has 1 atom stereocenters. The van der Waals surface area contributed by atoms with Gasteiger partial charge in [0.05, 0.1) is 16.8 Å². The van der Waals surface area contributed by atoms with Gasteiger partial charge in [0, 0.05) is 0 Å². The number of nitrogens with two attached hydrogens (primary N) is 1. The highest BCUT2D eigenvalue weighted by atomic mass is 79.9. The quantitative estimate of drug-likeness (QED) is 0.938. The summed E-state index contributed by atoms with van der Waals surface area (Å²) in [5.74, 6) is 0.473. The third kappa shape index (κ3) is 2.51. The lowest BCUT2D eigenvalue weighted by Gasteiger charge is -2.09. The minimum absolute atomic E-state index is 0.227. The Morgan fingerprint density at radius 1 is 1.25 bits per heavy atom. The van der Waals surface area contributed by atoms with E-state index in [1.807, 2.05) is 0 Å². The predicted molar refractivity (Wildman–Crippen MR) is 63.4 cm³/mol. The predicted octanol–water partition coefficient (Wildman–Crippen LogP) is 3.42. The normalized spacial score (nSPS) is 12.7. The first kappa shape index (κ1) is 11.4. The van der Waals surface area contributed by atoms with Crippen molar-refractivity contribution < 1.29 is 8.81 Å². The summed E-state index contributed by atoms with van der Waals surface area (Å²) in [6, 6.07) is 7.89. The Bertz CT molecular complexity index is 466. The minimum Gasteiger partial charge on any atom is -0.466 e. The van der Waals surface area contributed by atoms with Crippen LogP contribution in [0.15, 0.2) is 45.5 Å². The number of hydrogen-bond acceptors (Lipinski definition) is 2. The highest BCUT2D eigenvalue weighted by Crippen LogP contribution is 2.25. The summed E-state index contributed by atoms with van der Waals surface area (Å²) in [5, 5.41) is 0. The van der Waals surface area contributed by atoms with E-state index in [4.69, 9.17) is 10.2 Å². The molecule has 0 radical (unpaired) electrons. The van der Waals surface area contributed by atoms with Gasteiger partial charge in [0.1, 0.15) is 11.6 Å². The van der Waals surface area contributed by atoms with Gasteiger partial charge in [-0.25, -0.2) is 4.39 Å². The van der Waals surface area contributed by atoms with E-state index in [1.165, 1.54) is 12.1 Å². The second-order valence-corrected chi connectivity index (χ2v) is 4.42. The van der Waals surface area contributed by atoms with Crippen LogP contribution in [0.4, 0.5) is 4.39 Å². The minimum atomic E-state index is -0.239. The van der Waals surface area contributed by atoms with Crippen molar-refractivity contribution >= 4 is 15.9 Å². The molecule has 0 saturated carbocycles. The molecule has 1 heterocycles. The van der Waals surface area contributed by atoms with E-state index < -0.39 is 0 Å². The molecule has 0 spiro atoms. The van der Waals surface area contributed by atoms with Crippen molar-refractivity contribution in [2.24, 2.45) is 5.73 Å². The summed E-state index contributed by atoms with van der Waals surface area (Å²) in [5.41, 5.74) is 6.98. The van der Waals surface area contributed by atoms with E-state index in [0.717, 1.165) is 10.0 Å². The van der Waals surface area contributed by atoms with Crippen molar-refractivity contribution in [3.8, 4) is 0 Å². The molecule has 0 saturated heterocycles. The molecule has 0 aliphatic rings. The van der Waals surface area contributed by atoms with E-state index in [9.17, 15) is 4.39 Å². The van der Waals surface area contributed by atoms with Crippen LogP contribution in [0.2, 0.25) is 0 Å². The van der Waals surface area contributed by atoms with E-state index in [1.54, 1.807) is 24.5 Å². The average molecular weight is 284 g/mol. The second-order valence-electron chi connectivity index (χ2n) is 3.57. The summed E-state index contributed by atoms with van der Waals surface area (Å²) in [7, 11) is 0. The zero-order valence-corrected chi connectivity index (χ0v) is 10.1. The summed E-state index contributed by atoms with van der Waals surface area (Å²) in [4.78, 5) is 0. The van der Waals surface area contributed by atoms with Gasteiger partial charge in [-0.15, -0.1) is 0 Å². The Labute approximate surface area is 101 Å². The van der Waals surface area contributed by atoms with Gasteiger partial charge in [-0.3, -0.25) is 0 Å². The summed E-state index contributed by atoms with van der Waals surface area (Å²) in [6.45, 7) is 0. The molecule has 0 amide bonds. The van der Waals surface area contributed by atoms with Crippen molar-refractivity contribution in [3.05, 3.63) is 58.2 Å². The van der Waals surface area contributed by atoms with Crippen molar-refractivity contribution in [3.63, 3.8) is 0 Å². The summed E-state index contributed by atoms with van der Waals surface area (Å²) >= 11 is 3.36. The lowest BCUT2D eigenvalue weighted by atomic mass is 10.0. The maximum Gasteiger partial charge on any atom is 0.134 e. The van der Waals surface area contributed by atoms with Gasteiger partial charge in [0.15, 0.2) is 0 Å². The van der Waals surface area contributed by atoms with Crippen molar-refractivity contribution in [2.45, 2.75) is 12.5 Å². The zero-order valence-electron chi connectivity index (χ0n) is 8.49. The fourth-order valence-corrected chi connectivity index (χ4v) is 2.03. The molecule has 0 bridgehead atoms. The highest BCUT2D eigenvalue weighted by molar-refractivity contribution is 9.10. The van der Waals surface area contributed by atoms with Crippen molar-refractivity contribution in [1.29, 1.82) is 0 Å². The molecule has 16 heavy (non-hydrogen) atoms. The molecule has 2 aromatic rings. The molecular formula is C12H11BrFNO. The largest absolute Gasteiger partial charge is 0.466 e. The lowest BCUT2D eigenvalue weighted by Crippen LogP contribution is -2.12. The first-order valence-electron chi connectivity index (χ1n) is 4.89. The molecule has 2 N–H and O–H groups in total. The Morgan fingerprint density at radius 2 is 1.94 bits per heavy atom. The van der Waals surface area contributed by atoms with E-state index in [-0.39, 0.29) is 11.9 Å².